The van der Waals surface area contributed by atoms with Crippen molar-refractivity contribution in [3.8, 4) is 0 Å². The van der Waals surface area contributed by atoms with Crippen molar-refractivity contribution in [2.24, 2.45) is 0 Å². The Bertz CT molecular complexity index is 594. The number of non-ortho nitro benzene ring substituents is 1. The molecule has 1 N–H and O–H groups in total. The first-order valence-corrected chi connectivity index (χ1v) is 6.70. The zero-order valence-corrected chi connectivity index (χ0v) is 11.7. The molecule has 0 radical (unpaired) electrons. The number of nitro benzene ring substituents is 1. The molecule has 0 heterocycles. The molecular formula is C16H18N2O2. The molecule has 0 saturated heterocycles. The summed E-state index contributed by atoms with van der Waals surface area (Å²) in [6, 6.07) is 15.0. The number of hydrogen-bond acceptors (Lipinski definition) is 3. The molecule has 0 fully saturated rings. The fraction of sp³-hybridized carbons (Fsp3) is 0.250. The van der Waals surface area contributed by atoms with Crippen LogP contribution >= 0.6 is 0 Å². The second-order valence-corrected chi connectivity index (χ2v) is 4.77. The Labute approximate surface area is 118 Å². The second-order valence-electron chi connectivity index (χ2n) is 4.77. The van der Waals surface area contributed by atoms with E-state index in [0.717, 1.165) is 17.7 Å². The monoisotopic (exact) mass is 270 g/mol. The molecule has 4 heteroatoms. The molecule has 0 aliphatic carbocycles. The van der Waals surface area contributed by atoms with E-state index < -0.39 is 0 Å². The smallest absolute Gasteiger partial charge is 0.269 e. The van der Waals surface area contributed by atoms with Crippen molar-refractivity contribution >= 4 is 11.4 Å². The first-order valence-electron chi connectivity index (χ1n) is 6.70. The molecule has 2 rings (SSSR count). The normalized spacial score (nSPS) is 11.9. The minimum absolute atomic E-state index is 0.0999. The Morgan fingerprint density at radius 1 is 1.20 bits per heavy atom. The van der Waals surface area contributed by atoms with Crippen LogP contribution in [0.1, 0.15) is 31.0 Å². The van der Waals surface area contributed by atoms with Gasteiger partial charge < -0.3 is 5.32 Å². The van der Waals surface area contributed by atoms with Gasteiger partial charge in [0.15, 0.2) is 0 Å². The van der Waals surface area contributed by atoms with Gasteiger partial charge in [-0.3, -0.25) is 10.1 Å². The van der Waals surface area contributed by atoms with E-state index in [2.05, 4.69) is 24.4 Å². The molecule has 0 amide bonds. The Kier molecular flexibility index (Phi) is 4.35. The molecule has 104 valence electrons. The van der Waals surface area contributed by atoms with Crippen molar-refractivity contribution in [2.45, 2.75) is 26.3 Å². The van der Waals surface area contributed by atoms with Gasteiger partial charge in [-0.05, 0) is 36.6 Å². The maximum absolute atomic E-state index is 10.6. The summed E-state index contributed by atoms with van der Waals surface area (Å²) in [4.78, 5) is 10.3. The molecule has 20 heavy (non-hydrogen) atoms. The van der Waals surface area contributed by atoms with Gasteiger partial charge in [-0.25, -0.2) is 0 Å². The summed E-state index contributed by atoms with van der Waals surface area (Å²) >= 11 is 0. The molecule has 2 aromatic rings. The van der Waals surface area contributed by atoms with E-state index in [4.69, 9.17) is 0 Å². The number of aryl methyl sites for hydroxylation is 1. The SMILES string of the molecule is CCc1cccc(NC(C)c2ccc([N+](=O)[O-])cc2)c1. The van der Waals surface area contributed by atoms with Gasteiger partial charge in [0.2, 0.25) is 0 Å². The third-order valence-corrected chi connectivity index (χ3v) is 3.32. The summed E-state index contributed by atoms with van der Waals surface area (Å²) in [5.74, 6) is 0. The van der Waals surface area contributed by atoms with E-state index >= 15 is 0 Å². The van der Waals surface area contributed by atoms with Crippen molar-refractivity contribution in [1.29, 1.82) is 0 Å². The fourth-order valence-corrected chi connectivity index (χ4v) is 2.10. The van der Waals surface area contributed by atoms with E-state index in [1.807, 2.05) is 19.1 Å². The molecule has 0 aromatic heterocycles. The van der Waals surface area contributed by atoms with Crippen LogP contribution < -0.4 is 5.32 Å². The number of hydrogen-bond donors (Lipinski definition) is 1. The number of benzene rings is 2. The van der Waals surface area contributed by atoms with Crippen molar-refractivity contribution in [3.63, 3.8) is 0 Å². The summed E-state index contributed by atoms with van der Waals surface area (Å²) in [6.07, 6.45) is 1.00. The average molecular weight is 270 g/mol. The lowest BCUT2D eigenvalue weighted by Crippen LogP contribution is -2.06. The van der Waals surface area contributed by atoms with Gasteiger partial charge in [0.05, 0.1) is 4.92 Å². The van der Waals surface area contributed by atoms with E-state index in [9.17, 15) is 10.1 Å². The molecule has 0 aliphatic heterocycles. The lowest BCUT2D eigenvalue weighted by molar-refractivity contribution is -0.384. The maximum atomic E-state index is 10.6. The first-order chi connectivity index (χ1) is 9.60. The zero-order valence-electron chi connectivity index (χ0n) is 11.7. The van der Waals surface area contributed by atoms with E-state index in [1.54, 1.807) is 12.1 Å². The van der Waals surface area contributed by atoms with Crippen molar-refractivity contribution < 1.29 is 4.92 Å². The summed E-state index contributed by atoms with van der Waals surface area (Å²) in [5, 5.41) is 14.0. The molecule has 2 aromatic carbocycles. The maximum Gasteiger partial charge on any atom is 0.269 e. The average Bonchev–Trinajstić information content (AvgIpc) is 2.47. The summed E-state index contributed by atoms with van der Waals surface area (Å²) in [7, 11) is 0. The zero-order chi connectivity index (χ0) is 14.5. The number of nitrogens with one attached hydrogen (secondary N) is 1. The Morgan fingerprint density at radius 3 is 2.50 bits per heavy atom. The summed E-state index contributed by atoms with van der Waals surface area (Å²) < 4.78 is 0. The lowest BCUT2D eigenvalue weighted by atomic mass is 10.1. The molecule has 0 saturated carbocycles. The molecule has 0 bridgehead atoms. The van der Waals surface area contributed by atoms with Crippen molar-refractivity contribution in [2.75, 3.05) is 5.32 Å². The molecular weight excluding hydrogens is 252 g/mol. The predicted octanol–water partition coefficient (Wildman–Crippen LogP) is 4.33. The Morgan fingerprint density at radius 2 is 1.90 bits per heavy atom. The van der Waals surface area contributed by atoms with Crippen LogP contribution in [0.15, 0.2) is 48.5 Å². The molecule has 4 nitrogen and oxygen atoms in total. The van der Waals surface area contributed by atoms with E-state index in [-0.39, 0.29) is 16.7 Å². The molecule has 0 aliphatic rings. The van der Waals surface area contributed by atoms with Crippen LogP contribution in [0, 0.1) is 10.1 Å². The van der Waals surface area contributed by atoms with Crippen LogP contribution in [0.4, 0.5) is 11.4 Å². The third kappa shape index (κ3) is 3.35. The highest BCUT2D eigenvalue weighted by molar-refractivity contribution is 5.48. The van der Waals surface area contributed by atoms with Crippen LogP contribution in [-0.2, 0) is 6.42 Å². The molecule has 1 unspecified atom stereocenters. The Hall–Kier alpha value is -2.36. The van der Waals surface area contributed by atoms with Crippen LogP contribution in [0.3, 0.4) is 0 Å². The van der Waals surface area contributed by atoms with Gasteiger partial charge in [0, 0.05) is 23.9 Å². The number of nitro groups is 1. The minimum atomic E-state index is -0.382. The highest BCUT2D eigenvalue weighted by Gasteiger charge is 2.09. The highest BCUT2D eigenvalue weighted by Crippen LogP contribution is 2.22. The van der Waals surface area contributed by atoms with Gasteiger partial charge in [-0.15, -0.1) is 0 Å². The van der Waals surface area contributed by atoms with Crippen LogP contribution in [-0.4, -0.2) is 4.92 Å². The summed E-state index contributed by atoms with van der Waals surface area (Å²) in [5.41, 5.74) is 3.49. The van der Waals surface area contributed by atoms with Gasteiger partial charge in [-0.1, -0.05) is 31.2 Å². The Balaban J connectivity index is 2.10. The van der Waals surface area contributed by atoms with Crippen LogP contribution in [0.2, 0.25) is 0 Å². The highest BCUT2D eigenvalue weighted by atomic mass is 16.6. The number of nitrogens with zero attached hydrogens (tertiary/aromatic N) is 1. The van der Waals surface area contributed by atoms with Crippen molar-refractivity contribution in [3.05, 3.63) is 69.8 Å². The first kappa shape index (κ1) is 14.1. The van der Waals surface area contributed by atoms with Gasteiger partial charge in [0.1, 0.15) is 0 Å². The topological polar surface area (TPSA) is 55.2 Å². The van der Waals surface area contributed by atoms with E-state index in [0.29, 0.717) is 0 Å². The van der Waals surface area contributed by atoms with Gasteiger partial charge in [0.25, 0.3) is 5.69 Å². The van der Waals surface area contributed by atoms with Gasteiger partial charge >= 0.3 is 0 Å². The number of rotatable bonds is 5. The van der Waals surface area contributed by atoms with E-state index in [1.165, 1.54) is 17.7 Å². The molecule has 0 spiro atoms. The standard InChI is InChI=1S/C16H18N2O2/c1-3-13-5-4-6-15(11-13)17-12(2)14-7-9-16(10-8-14)18(19)20/h4-12,17H,3H2,1-2H3. The predicted molar refractivity (Wildman–Crippen MR) is 81.0 cm³/mol. The molecule has 1 atom stereocenters. The minimum Gasteiger partial charge on any atom is -0.379 e. The third-order valence-electron chi connectivity index (χ3n) is 3.32. The lowest BCUT2D eigenvalue weighted by Gasteiger charge is -2.16. The number of anilines is 1. The second kappa shape index (κ2) is 6.19. The van der Waals surface area contributed by atoms with Crippen molar-refractivity contribution in [1.82, 2.24) is 0 Å². The fourth-order valence-electron chi connectivity index (χ4n) is 2.10. The largest absolute Gasteiger partial charge is 0.379 e. The quantitative estimate of drug-likeness (QED) is 0.650. The van der Waals surface area contributed by atoms with Gasteiger partial charge in [-0.2, -0.15) is 0 Å². The van der Waals surface area contributed by atoms with Crippen LogP contribution in [0.5, 0.6) is 0 Å². The summed E-state index contributed by atoms with van der Waals surface area (Å²) in [6.45, 7) is 4.17. The van der Waals surface area contributed by atoms with Crippen LogP contribution in [0.25, 0.3) is 0 Å².